The highest BCUT2D eigenvalue weighted by molar-refractivity contribution is 5.94. The van der Waals surface area contributed by atoms with Gasteiger partial charge in [0.15, 0.2) is 11.6 Å². The van der Waals surface area contributed by atoms with Crippen molar-refractivity contribution in [3.05, 3.63) is 62.8 Å². The van der Waals surface area contributed by atoms with E-state index in [1.54, 1.807) is 4.90 Å². The van der Waals surface area contributed by atoms with Gasteiger partial charge in [-0.15, -0.1) is 0 Å². The Labute approximate surface area is 183 Å². The fourth-order valence-corrected chi connectivity index (χ4v) is 4.31. The zero-order chi connectivity index (χ0) is 22.8. The van der Waals surface area contributed by atoms with Crippen molar-refractivity contribution < 1.29 is 23.1 Å². The van der Waals surface area contributed by atoms with E-state index in [4.69, 9.17) is 4.74 Å². The standard InChI is InChI=1S/C22H24F2N4O4/c1-32-12-18(29)27-10-8-16-14(11-27)21(30)26-20(25-16)17-7-2-3-9-28(17)22(31)13-5-4-6-15(23)19(13)24/h4-6,17H,2-3,7-12H2,1H3,(H,25,26,30)/t17-/m0/s1. The molecule has 1 fully saturated rings. The van der Waals surface area contributed by atoms with Gasteiger partial charge in [0.2, 0.25) is 5.91 Å². The van der Waals surface area contributed by atoms with Crippen LogP contribution in [-0.4, -0.2) is 58.4 Å². The van der Waals surface area contributed by atoms with E-state index in [0.29, 0.717) is 49.4 Å². The van der Waals surface area contributed by atoms with Crippen LogP contribution in [0.15, 0.2) is 23.0 Å². The van der Waals surface area contributed by atoms with E-state index in [1.165, 1.54) is 24.1 Å². The molecule has 1 saturated heterocycles. The highest BCUT2D eigenvalue weighted by Gasteiger charge is 2.33. The highest BCUT2D eigenvalue weighted by atomic mass is 19.2. The van der Waals surface area contributed by atoms with Crippen LogP contribution in [-0.2, 0) is 22.5 Å². The van der Waals surface area contributed by atoms with E-state index in [9.17, 15) is 23.2 Å². The molecule has 0 spiro atoms. The van der Waals surface area contributed by atoms with E-state index in [2.05, 4.69) is 9.97 Å². The summed E-state index contributed by atoms with van der Waals surface area (Å²) in [6, 6.07) is 2.95. The number of likely N-dealkylation sites (tertiary alicyclic amines) is 1. The molecule has 8 nitrogen and oxygen atoms in total. The summed E-state index contributed by atoms with van der Waals surface area (Å²) in [5.74, 6) is -2.78. The molecular weight excluding hydrogens is 422 g/mol. The minimum atomic E-state index is -1.19. The Morgan fingerprint density at radius 3 is 2.84 bits per heavy atom. The molecule has 2 aliphatic rings. The smallest absolute Gasteiger partial charge is 0.257 e. The quantitative estimate of drug-likeness (QED) is 0.775. The van der Waals surface area contributed by atoms with Crippen LogP contribution in [0.3, 0.4) is 0 Å². The minimum absolute atomic E-state index is 0.0610. The third kappa shape index (κ3) is 4.14. The summed E-state index contributed by atoms with van der Waals surface area (Å²) in [7, 11) is 1.43. The number of aromatic amines is 1. The number of nitrogens with zero attached hydrogens (tertiary/aromatic N) is 3. The fourth-order valence-electron chi connectivity index (χ4n) is 4.31. The number of ether oxygens (including phenoxy) is 1. The largest absolute Gasteiger partial charge is 0.375 e. The number of H-pyrrole nitrogens is 1. The molecular formula is C22H24F2N4O4. The molecule has 2 amide bonds. The molecule has 1 aromatic heterocycles. The van der Waals surface area contributed by atoms with Gasteiger partial charge in [0, 0.05) is 26.6 Å². The zero-order valence-electron chi connectivity index (χ0n) is 17.7. The number of methoxy groups -OCH3 is 1. The Hall–Kier alpha value is -3.14. The Balaban J connectivity index is 1.63. The van der Waals surface area contributed by atoms with Crippen LogP contribution in [0.1, 0.15) is 52.7 Å². The van der Waals surface area contributed by atoms with Crippen molar-refractivity contribution >= 4 is 11.8 Å². The second-order valence-electron chi connectivity index (χ2n) is 7.99. The van der Waals surface area contributed by atoms with Gasteiger partial charge in [-0.25, -0.2) is 13.8 Å². The first-order valence-electron chi connectivity index (χ1n) is 10.5. The van der Waals surface area contributed by atoms with E-state index in [-0.39, 0.29) is 30.2 Å². The average Bonchev–Trinajstić information content (AvgIpc) is 2.80. The summed E-state index contributed by atoms with van der Waals surface area (Å²) in [4.78, 5) is 48.4. The number of benzene rings is 1. The molecule has 10 heteroatoms. The van der Waals surface area contributed by atoms with Crippen LogP contribution >= 0.6 is 0 Å². The number of rotatable bonds is 4. The number of carbonyl (C=O) groups excluding carboxylic acids is 2. The van der Waals surface area contributed by atoms with Crippen LogP contribution in [0.5, 0.6) is 0 Å². The summed E-state index contributed by atoms with van der Waals surface area (Å²) >= 11 is 0. The van der Waals surface area contributed by atoms with Crippen LogP contribution in [0, 0.1) is 11.6 Å². The molecule has 2 aliphatic heterocycles. The number of aromatic nitrogens is 2. The summed E-state index contributed by atoms with van der Waals surface area (Å²) < 4.78 is 32.8. The number of carbonyl (C=O) groups is 2. The summed E-state index contributed by atoms with van der Waals surface area (Å²) in [6.45, 7) is 0.836. The summed E-state index contributed by atoms with van der Waals surface area (Å²) in [5.41, 5.74) is 0.286. The third-order valence-electron chi connectivity index (χ3n) is 5.97. The Morgan fingerprint density at radius 2 is 2.06 bits per heavy atom. The van der Waals surface area contributed by atoms with Crippen molar-refractivity contribution in [1.29, 1.82) is 0 Å². The lowest BCUT2D eigenvalue weighted by molar-refractivity contribution is -0.136. The lowest BCUT2D eigenvalue weighted by Crippen LogP contribution is -2.43. The van der Waals surface area contributed by atoms with Crippen LogP contribution in [0.4, 0.5) is 8.78 Å². The maximum absolute atomic E-state index is 14.2. The molecule has 0 radical (unpaired) electrons. The first-order valence-corrected chi connectivity index (χ1v) is 10.5. The normalized spacial score (nSPS) is 18.4. The number of piperidine rings is 1. The van der Waals surface area contributed by atoms with E-state index < -0.39 is 23.6 Å². The fraction of sp³-hybridized carbons (Fsp3) is 0.455. The lowest BCUT2D eigenvalue weighted by atomic mass is 9.99. The number of fused-ring (bicyclic) bond motifs is 1. The van der Waals surface area contributed by atoms with Gasteiger partial charge in [0.1, 0.15) is 12.4 Å². The number of hydrogen-bond acceptors (Lipinski definition) is 5. The van der Waals surface area contributed by atoms with Crippen LogP contribution < -0.4 is 5.56 Å². The second kappa shape index (κ2) is 9.15. The molecule has 3 heterocycles. The molecule has 170 valence electrons. The monoisotopic (exact) mass is 446 g/mol. The Kier molecular flexibility index (Phi) is 6.31. The van der Waals surface area contributed by atoms with Gasteiger partial charge in [-0.1, -0.05) is 6.07 Å². The van der Waals surface area contributed by atoms with E-state index >= 15 is 0 Å². The lowest BCUT2D eigenvalue weighted by Gasteiger charge is -2.36. The van der Waals surface area contributed by atoms with Gasteiger partial charge >= 0.3 is 0 Å². The molecule has 0 saturated carbocycles. The summed E-state index contributed by atoms with van der Waals surface area (Å²) in [5, 5.41) is 0. The minimum Gasteiger partial charge on any atom is -0.375 e. The third-order valence-corrected chi connectivity index (χ3v) is 5.97. The first-order chi connectivity index (χ1) is 15.4. The number of amides is 2. The molecule has 2 aromatic rings. The van der Waals surface area contributed by atoms with E-state index in [1.807, 2.05) is 0 Å². The van der Waals surface area contributed by atoms with Gasteiger partial charge in [-0.3, -0.25) is 14.4 Å². The predicted octanol–water partition coefficient (Wildman–Crippen LogP) is 1.95. The van der Waals surface area contributed by atoms with Crippen molar-refractivity contribution in [3.8, 4) is 0 Å². The maximum Gasteiger partial charge on any atom is 0.257 e. The number of nitrogens with one attached hydrogen (secondary N) is 1. The average molecular weight is 446 g/mol. The van der Waals surface area contributed by atoms with Crippen molar-refractivity contribution in [1.82, 2.24) is 19.8 Å². The molecule has 0 unspecified atom stereocenters. The maximum atomic E-state index is 14.2. The van der Waals surface area contributed by atoms with Gasteiger partial charge in [0.25, 0.3) is 11.5 Å². The summed E-state index contributed by atoms with van der Waals surface area (Å²) in [6.07, 6.45) is 2.47. The topological polar surface area (TPSA) is 95.6 Å². The molecule has 0 aliphatic carbocycles. The molecule has 0 bridgehead atoms. The molecule has 1 aromatic carbocycles. The molecule has 4 rings (SSSR count). The Bertz CT molecular complexity index is 1100. The van der Waals surface area contributed by atoms with Crippen LogP contribution in [0.25, 0.3) is 0 Å². The second-order valence-corrected chi connectivity index (χ2v) is 7.99. The Morgan fingerprint density at radius 1 is 1.25 bits per heavy atom. The van der Waals surface area contributed by atoms with Gasteiger partial charge in [0.05, 0.1) is 29.4 Å². The van der Waals surface area contributed by atoms with Gasteiger partial charge < -0.3 is 19.5 Å². The predicted molar refractivity (Wildman–Crippen MR) is 110 cm³/mol. The van der Waals surface area contributed by atoms with Crippen LogP contribution in [0.2, 0.25) is 0 Å². The van der Waals surface area contributed by atoms with Crippen molar-refractivity contribution in [2.24, 2.45) is 0 Å². The van der Waals surface area contributed by atoms with Gasteiger partial charge in [-0.2, -0.15) is 0 Å². The van der Waals surface area contributed by atoms with Crippen molar-refractivity contribution in [2.75, 3.05) is 26.8 Å². The van der Waals surface area contributed by atoms with Crippen molar-refractivity contribution in [2.45, 2.75) is 38.3 Å². The molecule has 32 heavy (non-hydrogen) atoms. The van der Waals surface area contributed by atoms with Gasteiger partial charge in [-0.05, 0) is 31.4 Å². The molecule has 1 N–H and O–H groups in total. The number of hydrogen-bond donors (Lipinski definition) is 1. The van der Waals surface area contributed by atoms with Crippen molar-refractivity contribution in [3.63, 3.8) is 0 Å². The highest BCUT2D eigenvalue weighted by Crippen LogP contribution is 2.31. The SMILES string of the molecule is COCC(=O)N1CCc2nc([C@@H]3CCCCN3C(=O)c3cccc(F)c3F)[nH]c(=O)c2C1. The first kappa shape index (κ1) is 22.1. The molecule has 1 atom stereocenters. The number of halogens is 2. The zero-order valence-corrected chi connectivity index (χ0v) is 17.7. The van der Waals surface area contributed by atoms with E-state index in [0.717, 1.165) is 12.5 Å².